The van der Waals surface area contributed by atoms with Gasteiger partial charge in [-0.05, 0) is 35.6 Å². The maximum absolute atomic E-state index is 3.67. The van der Waals surface area contributed by atoms with Crippen LogP contribution in [-0.4, -0.2) is 17.5 Å². The minimum absolute atomic E-state index is 0.631. The average Bonchev–Trinajstić information content (AvgIpc) is 2.38. The van der Waals surface area contributed by atoms with E-state index in [9.17, 15) is 0 Å². The zero-order chi connectivity index (χ0) is 12.1. The molecule has 2 rings (SSSR count). The van der Waals surface area contributed by atoms with Crippen molar-refractivity contribution in [3.05, 3.63) is 35.4 Å². The van der Waals surface area contributed by atoms with Crippen molar-refractivity contribution in [3.63, 3.8) is 0 Å². The molecule has 1 aromatic carbocycles. The van der Waals surface area contributed by atoms with Gasteiger partial charge in [-0.1, -0.05) is 38.1 Å². The van der Waals surface area contributed by atoms with E-state index in [1.54, 1.807) is 0 Å². The Morgan fingerprint density at radius 3 is 2.65 bits per heavy atom. The summed E-state index contributed by atoms with van der Waals surface area (Å²) in [6.07, 6.45) is 2.71. The molecule has 0 aliphatic carbocycles. The topological polar surface area (TPSA) is 12.0 Å². The molecule has 1 nitrogen and oxygen atoms in total. The third kappa shape index (κ3) is 4.04. The van der Waals surface area contributed by atoms with Crippen LogP contribution in [0.2, 0.25) is 0 Å². The van der Waals surface area contributed by atoms with Crippen LogP contribution in [-0.2, 0) is 6.54 Å². The van der Waals surface area contributed by atoms with E-state index >= 15 is 0 Å². The van der Waals surface area contributed by atoms with E-state index in [2.05, 4.69) is 55.2 Å². The molecule has 1 heterocycles. The van der Waals surface area contributed by atoms with Crippen LogP contribution in [0, 0.1) is 0 Å². The first-order valence-electron chi connectivity index (χ1n) is 6.65. The standard InChI is InChI=1S/C15H23NS/c1-12(2)14-7-5-13(6-8-14)10-16-15-4-3-9-17-11-15/h5-8,12,15-16H,3-4,9-11H2,1-2H3. The molecule has 1 fully saturated rings. The minimum atomic E-state index is 0.631. The number of benzene rings is 1. The fourth-order valence-electron chi connectivity index (χ4n) is 2.18. The fourth-order valence-corrected chi connectivity index (χ4v) is 3.29. The van der Waals surface area contributed by atoms with E-state index in [1.807, 2.05) is 0 Å². The third-order valence-electron chi connectivity index (χ3n) is 3.40. The monoisotopic (exact) mass is 249 g/mol. The highest BCUT2D eigenvalue weighted by Gasteiger charge is 2.12. The van der Waals surface area contributed by atoms with E-state index < -0.39 is 0 Å². The molecule has 1 atom stereocenters. The number of thioether (sulfide) groups is 1. The van der Waals surface area contributed by atoms with Crippen LogP contribution in [0.3, 0.4) is 0 Å². The Balaban J connectivity index is 1.82. The number of rotatable bonds is 4. The number of nitrogens with one attached hydrogen (secondary N) is 1. The Hall–Kier alpha value is -0.470. The molecular formula is C15H23NS. The molecule has 1 unspecified atom stereocenters. The molecule has 0 saturated carbocycles. The van der Waals surface area contributed by atoms with Gasteiger partial charge in [-0.15, -0.1) is 0 Å². The molecule has 0 spiro atoms. The van der Waals surface area contributed by atoms with Crippen molar-refractivity contribution in [2.45, 2.75) is 45.2 Å². The van der Waals surface area contributed by atoms with Gasteiger partial charge in [-0.2, -0.15) is 11.8 Å². The zero-order valence-corrected chi connectivity index (χ0v) is 11.7. The molecule has 1 aliphatic heterocycles. The van der Waals surface area contributed by atoms with E-state index in [-0.39, 0.29) is 0 Å². The summed E-state index contributed by atoms with van der Waals surface area (Å²) < 4.78 is 0. The molecule has 0 aromatic heterocycles. The van der Waals surface area contributed by atoms with E-state index in [4.69, 9.17) is 0 Å². The summed E-state index contributed by atoms with van der Waals surface area (Å²) in [4.78, 5) is 0. The van der Waals surface area contributed by atoms with Crippen LogP contribution in [0.5, 0.6) is 0 Å². The van der Waals surface area contributed by atoms with Crippen LogP contribution in [0.1, 0.15) is 43.7 Å². The van der Waals surface area contributed by atoms with Gasteiger partial charge in [0.2, 0.25) is 0 Å². The van der Waals surface area contributed by atoms with E-state index in [1.165, 1.54) is 35.5 Å². The van der Waals surface area contributed by atoms with Crippen molar-refractivity contribution in [1.29, 1.82) is 0 Å². The second-order valence-corrected chi connectivity index (χ2v) is 6.34. The Morgan fingerprint density at radius 2 is 2.06 bits per heavy atom. The second-order valence-electron chi connectivity index (χ2n) is 5.19. The summed E-state index contributed by atoms with van der Waals surface area (Å²) in [5, 5.41) is 3.67. The molecule has 1 saturated heterocycles. The summed E-state index contributed by atoms with van der Waals surface area (Å²) in [7, 11) is 0. The molecule has 17 heavy (non-hydrogen) atoms. The lowest BCUT2D eigenvalue weighted by Gasteiger charge is -2.22. The van der Waals surface area contributed by atoms with Crippen molar-refractivity contribution in [1.82, 2.24) is 5.32 Å². The predicted octanol–water partition coefficient (Wildman–Crippen LogP) is 3.80. The van der Waals surface area contributed by atoms with Gasteiger partial charge in [0.25, 0.3) is 0 Å². The van der Waals surface area contributed by atoms with Gasteiger partial charge < -0.3 is 5.32 Å². The van der Waals surface area contributed by atoms with Gasteiger partial charge in [0.15, 0.2) is 0 Å². The van der Waals surface area contributed by atoms with Gasteiger partial charge in [0.1, 0.15) is 0 Å². The normalized spacial score (nSPS) is 20.8. The first-order valence-corrected chi connectivity index (χ1v) is 7.81. The van der Waals surface area contributed by atoms with Crippen molar-refractivity contribution in [2.75, 3.05) is 11.5 Å². The molecule has 1 aliphatic rings. The molecular weight excluding hydrogens is 226 g/mol. The summed E-state index contributed by atoms with van der Waals surface area (Å²) in [5.74, 6) is 3.26. The number of hydrogen-bond acceptors (Lipinski definition) is 2. The average molecular weight is 249 g/mol. The molecule has 0 amide bonds. The first-order chi connectivity index (χ1) is 8.25. The smallest absolute Gasteiger partial charge is 0.0208 e. The zero-order valence-electron chi connectivity index (χ0n) is 10.9. The van der Waals surface area contributed by atoms with Crippen LogP contribution in [0.4, 0.5) is 0 Å². The first kappa shape index (κ1) is 13.0. The molecule has 1 N–H and O–H groups in total. The van der Waals surface area contributed by atoms with Crippen molar-refractivity contribution in [3.8, 4) is 0 Å². The highest BCUT2D eigenvalue weighted by atomic mass is 32.2. The van der Waals surface area contributed by atoms with Crippen LogP contribution < -0.4 is 5.32 Å². The van der Waals surface area contributed by atoms with Gasteiger partial charge in [0.05, 0.1) is 0 Å². The molecule has 1 aromatic rings. The molecule has 2 heteroatoms. The third-order valence-corrected chi connectivity index (χ3v) is 4.62. The Kier molecular flexibility index (Phi) is 4.93. The van der Waals surface area contributed by atoms with E-state index in [0.29, 0.717) is 5.92 Å². The van der Waals surface area contributed by atoms with E-state index in [0.717, 1.165) is 12.6 Å². The lowest BCUT2D eigenvalue weighted by molar-refractivity contribution is 0.507. The largest absolute Gasteiger partial charge is 0.309 e. The van der Waals surface area contributed by atoms with Crippen molar-refractivity contribution < 1.29 is 0 Å². The van der Waals surface area contributed by atoms with Gasteiger partial charge in [-0.25, -0.2) is 0 Å². The molecule has 0 bridgehead atoms. The number of hydrogen-bond donors (Lipinski definition) is 1. The Morgan fingerprint density at radius 1 is 1.29 bits per heavy atom. The fraction of sp³-hybridized carbons (Fsp3) is 0.600. The van der Waals surface area contributed by atoms with Crippen molar-refractivity contribution >= 4 is 11.8 Å². The lowest BCUT2D eigenvalue weighted by atomic mass is 10.0. The van der Waals surface area contributed by atoms with Gasteiger partial charge in [0, 0.05) is 18.3 Å². The maximum Gasteiger partial charge on any atom is 0.0208 e. The molecule has 94 valence electrons. The van der Waals surface area contributed by atoms with Gasteiger partial charge in [-0.3, -0.25) is 0 Å². The Labute approximate surface area is 109 Å². The highest BCUT2D eigenvalue weighted by molar-refractivity contribution is 7.99. The van der Waals surface area contributed by atoms with Crippen LogP contribution >= 0.6 is 11.8 Å². The predicted molar refractivity (Wildman–Crippen MR) is 77.7 cm³/mol. The summed E-state index contributed by atoms with van der Waals surface area (Å²) in [6.45, 7) is 5.50. The highest BCUT2D eigenvalue weighted by Crippen LogP contribution is 2.18. The lowest BCUT2D eigenvalue weighted by Crippen LogP contribution is -2.33. The maximum atomic E-state index is 3.67. The summed E-state index contributed by atoms with van der Waals surface area (Å²) in [5.41, 5.74) is 2.84. The molecule has 0 radical (unpaired) electrons. The van der Waals surface area contributed by atoms with Crippen LogP contribution in [0.25, 0.3) is 0 Å². The summed E-state index contributed by atoms with van der Waals surface area (Å²) >= 11 is 2.08. The second kappa shape index (κ2) is 6.46. The summed E-state index contributed by atoms with van der Waals surface area (Å²) in [6, 6.07) is 9.77. The van der Waals surface area contributed by atoms with Gasteiger partial charge >= 0.3 is 0 Å². The van der Waals surface area contributed by atoms with Crippen molar-refractivity contribution in [2.24, 2.45) is 0 Å². The Bertz CT molecular complexity index is 325. The van der Waals surface area contributed by atoms with Crippen LogP contribution in [0.15, 0.2) is 24.3 Å². The minimum Gasteiger partial charge on any atom is -0.309 e. The quantitative estimate of drug-likeness (QED) is 0.871. The SMILES string of the molecule is CC(C)c1ccc(CNC2CCCSC2)cc1.